The van der Waals surface area contributed by atoms with Gasteiger partial charge in [0.25, 0.3) is 5.91 Å². The highest BCUT2D eigenvalue weighted by Crippen LogP contribution is 2.09. The highest BCUT2D eigenvalue weighted by molar-refractivity contribution is 5.94. The molecule has 2 aromatic rings. The normalized spacial score (nSPS) is 10.2. The van der Waals surface area contributed by atoms with Gasteiger partial charge < -0.3 is 11.1 Å². The number of benzene rings is 2. The average molecular weight is 290 g/mol. The van der Waals surface area contributed by atoms with Crippen LogP contribution in [0.1, 0.15) is 26.3 Å². The number of rotatable bonds is 4. The molecule has 2 rings (SSSR count). The van der Waals surface area contributed by atoms with Crippen LogP contribution in [0.2, 0.25) is 0 Å². The number of hydrogen-bond donors (Lipinski definition) is 2. The molecule has 0 atom stereocenters. The van der Waals surface area contributed by atoms with Crippen LogP contribution in [-0.2, 0) is 6.54 Å². The van der Waals surface area contributed by atoms with Gasteiger partial charge >= 0.3 is 0 Å². The molecule has 0 fully saturated rings. The molecular formula is C15H12F2N2O2. The van der Waals surface area contributed by atoms with Crippen molar-refractivity contribution in [3.05, 3.63) is 70.8 Å². The lowest BCUT2D eigenvalue weighted by molar-refractivity contribution is 0.0948. The van der Waals surface area contributed by atoms with Crippen molar-refractivity contribution in [2.24, 2.45) is 5.73 Å². The summed E-state index contributed by atoms with van der Waals surface area (Å²) in [6.45, 7) is 0.191. The Morgan fingerprint density at radius 2 is 1.57 bits per heavy atom. The predicted molar refractivity (Wildman–Crippen MR) is 72.5 cm³/mol. The van der Waals surface area contributed by atoms with Gasteiger partial charge in [0, 0.05) is 17.7 Å². The van der Waals surface area contributed by atoms with E-state index in [0.29, 0.717) is 5.56 Å². The lowest BCUT2D eigenvalue weighted by Gasteiger charge is -2.06. The molecule has 4 nitrogen and oxygen atoms in total. The first-order chi connectivity index (χ1) is 9.97. The molecule has 2 aromatic carbocycles. The van der Waals surface area contributed by atoms with Gasteiger partial charge in [0.1, 0.15) is 0 Å². The Balaban J connectivity index is 2.00. The SMILES string of the molecule is NC(=O)c1ccc(CNC(=O)c2ccc(F)c(F)c2)cc1. The van der Waals surface area contributed by atoms with Gasteiger partial charge in [-0.25, -0.2) is 8.78 Å². The minimum absolute atomic E-state index is 0.0302. The third-order valence-corrected chi connectivity index (χ3v) is 2.87. The molecule has 108 valence electrons. The smallest absolute Gasteiger partial charge is 0.251 e. The first-order valence-electron chi connectivity index (χ1n) is 6.09. The van der Waals surface area contributed by atoms with Gasteiger partial charge in [0.05, 0.1) is 0 Å². The third kappa shape index (κ3) is 3.62. The van der Waals surface area contributed by atoms with Crippen molar-refractivity contribution < 1.29 is 18.4 Å². The summed E-state index contributed by atoms with van der Waals surface area (Å²) in [5, 5.41) is 2.57. The van der Waals surface area contributed by atoms with E-state index in [-0.39, 0.29) is 12.1 Å². The van der Waals surface area contributed by atoms with E-state index in [1.807, 2.05) is 0 Å². The van der Waals surface area contributed by atoms with Crippen molar-refractivity contribution in [2.75, 3.05) is 0 Å². The number of hydrogen-bond acceptors (Lipinski definition) is 2. The van der Waals surface area contributed by atoms with E-state index in [4.69, 9.17) is 5.73 Å². The first-order valence-corrected chi connectivity index (χ1v) is 6.09. The van der Waals surface area contributed by atoms with Crippen LogP contribution in [0.15, 0.2) is 42.5 Å². The van der Waals surface area contributed by atoms with Crippen LogP contribution in [-0.4, -0.2) is 11.8 Å². The van der Waals surface area contributed by atoms with Gasteiger partial charge in [0.2, 0.25) is 5.91 Å². The minimum Gasteiger partial charge on any atom is -0.366 e. The van der Waals surface area contributed by atoms with E-state index < -0.39 is 23.4 Å². The Kier molecular flexibility index (Phi) is 4.27. The summed E-state index contributed by atoms with van der Waals surface area (Å²) < 4.78 is 25.8. The second-order valence-electron chi connectivity index (χ2n) is 4.37. The minimum atomic E-state index is -1.08. The summed E-state index contributed by atoms with van der Waals surface area (Å²) in [5.41, 5.74) is 6.26. The molecule has 0 aliphatic heterocycles. The van der Waals surface area contributed by atoms with Crippen LogP contribution < -0.4 is 11.1 Å². The lowest BCUT2D eigenvalue weighted by atomic mass is 10.1. The number of primary amides is 1. The fourth-order valence-corrected chi connectivity index (χ4v) is 1.71. The molecule has 0 bridgehead atoms. The molecule has 0 spiro atoms. The Labute approximate surface area is 119 Å². The maximum Gasteiger partial charge on any atom is 0.251 e. The van der Waals surface area contributed by atoms with E-state index in [2.05, 4.69) is 5.32 Å². The highest BCUT2D eigenvalue weighted by atomic mass is 19.2. The van der Waals surface area contributed by atoms with Crippen molar-refractivity contribution >= 4 is 11.8 Å². The van der Waals surface area contributed by atoms with Gasteiger partial charge in [-0.3, -0.25) is 9.59 Å². The molecule has 0 saturated carbocycles. The molecule has 2 amide bonds. The maximum atomic E-state index is 13.0. The van der Waals surface area contributed by atoms with Crippen LogP contribution in [0.3, 0.4) is 0 Å². The lowest BCUT2D eigenvalue weighted by Crippen LogP contribution is -2.23. The molecule has 0 saturated heterocycles. The molecule has 0 heterocycles. The van der Waals surface area contributed by atoms with Gasteiger partial charge in [-0.2, -0.15) is 0 Å². The van der Waals surface area contributed by atoms with Crippen molar-refractivity contribution in [2.45, 2.75) is 6.54 Å². The largest absolute Gasteiger partial charge is 0.366 e. The number of nitrogens with two attached hydrogens (primary N) is 1. The van der Waals surface area contributed by atoms with Crippen LogP contribution in [0.4, 0.5) is 8.78 Å². The number of carbonyl (C=O) groups is 2. The van der Waals surface area contributed by atoms with Crippen LogP contribution in [0, 0.1) is 11.6 Å². The summed E-state index contributed by atoms with van der Waals surface area (Å²) in [6, 6.07) is 9.30. The van der Waals surface area contributed by atoms with E-state index in [9.17, 15) is 18.4 Å². The van der Waals surface area contributed by atoms with Crippen molar-refractivity contribution in [1.29, 1.82) is 0 Å². The average Bonchev–Trinajstić information content (AvgIpc) is 2.48. The van der Waals surface area contributed by atoms with E-state index in [1.165, 1.54) is 6.07 Å². The van der Waals surface area contributed by atoms with Crippen LogP contribution >= 0.6 is 0 Å². The van der Waals surface area contributed by atoms with Crippen molar-refractivity contribution in [1.82, 2.24) is 5.32 Å². The summed E-state index contributed by atoms with van der Waals surface area (Å²) in [7, 11) is 0. The van der Waals surface area contributed by atoms with Gasteiger partial charge in [-0.05, 0) is 35.9 Å². The molecule has 0 radical (unpaired) electrons. The first kappa shape index (κ1) is 14.6. The fourth-order valence-electron chi connectivity index (χ4n) is 1.71. The Morgan fingerprint density at radius 3 is 2.14 bits per heavy atom. The fraction of sp³-hybridized carbons (Fsp3) is 0.0667. The number of halogens is 2. The molecule has 0 aliphatic rings. The Bertz CT molecular complexity index is 685. The van der Waals surface area contributed by atoms with Gasteiger partial charge in [-0.15, -0.1) is 0 Å². The molecule has 0 unspecified atom stereocenters. The van der Waals surface area contributed by atoms with Crippen molar-refractivity contribution in [3.8, 4) is 0 Å². The summed E-state index contributed by atoms with van der Waals surface area (Å²) >= 11 is 0. The number of nitrogens with one attached hydrogen (secondary N) is 1. The van der Waals surface area contributed by atoms with E-state index in [0.717, 1.165) is 17.7 Å². The molecule has 6 heteroatoms. The van der Waals surface area contributed by atoms with Crippen molar-refractivity contribution in [3.63, 3.8) is 0 Å². The summed E-state index contributed by atoms with van der Waals surface area (Å²) in [5.74, 6) is -3.14. The van der Waals surface area contributed by atoms with E-state index >= 15 is 0 Å². The summed E-state index contributed by atoms with van der Waals surface area (Å²) in [4.78, 5) is 22.7. The topological polar surface area (TPSA) is 72.2 Å². The standard InChI is InChI=1S/C15H12F2N2O2/c16-12-6-5-11(7-13(12)17)15(21)19-8-9-1-3-10(4-2-9)14(18)20/h1-7H,8H2,(H2,18,20)(H,19,21). The van der Waals surface area contributed by atoms with Crippen LogP contribution in [0.5, 0.6) is 0 Å². The monoisotopic (exact) mass is 290 g/mol. The maximum absolute atomic E-state index is 13.0. The molecule has 21 heavy (non-hydrogen) atoms. The molecule has 0 aromatic heterocycles. The second kappa shape index (κ2) is 6.13. The van der Waals surface area contributed by atoms with Gasteiger partial charge in [-0.1, -0.05) is 12.1 Å². The highest BCUT2D eigenvalue weighted by Gasteiger charge is 2.09. The molecular weight excluding hydrogens is 278 g/mol. The Hall–Kier alpha value is -2.76. The molecule has 0 aliphatic carbocycles. The van der Waals surface area contributed by atoms with Gasteiger partial charge in [0.15, 0.2) is 11.6 Å². The molecule has 3 N–H and O–H groups in total. The zero-order valence-corrected chi connectivity index (χ0v) is 10.9. The zero-order valence-electron chi connectivity index (χ0n) is 10.9. The van der Waals surface area contributed by atoms with Crippen LogP contribution in [0.25, 0.3) is 0 Å². The van der Waals surface area contributed by atoms with E-state index in [1.54, 1.807) is 24.3 Å². The summed E-state index contributed by atoms with van der Waals surface area (Å²) in [6.07, 6.45) is 0. The third-order valence-electron chi connectivity index (χ3n) is 2.87. The predicted octanol–water partition coefficient (Wildman–Crippen LogP) is 1.99. The zero-order chi connectivity index (χ0) is 15.4. The number of carbonyl (C=O) groups excluding carboxylic acids is 2. The Morgan fingerprint density at radius 1 is 0.952 bits per heavy atom. The quantitative estimate of drug-likeness (QED) is 0.904. The second-order valence-corrected chi connectivity index (χ2v) is 4.37. The number of amides is 2.